The highest BCUT2D eigenvalue weighted by Gasteiger charge is 1.92. The first-order valence-electron chi connectivity index (χ1n) is 4.05. The van der Waals surface area contributed by atoms with Crippen molar-refractivity contribution in [1.29, 1.82) is 0 Å². The van der Waals surface area contributed by atoms with Crippen LogP contribution >= 0.6 is 13.5 Å². The second kappa shape index (κ2) is 9.82. The molecule has 11 heavy (non-hydrogen) atoms. The lowest BCUT2D eigenvalue weighted by Gasteiger charge is -1.95. The Kier molecular flexibility index (Phi) is 12.0. The van der Waals surface area contributed by atoms with E-state index in [1.807, 2.05) is 0 Å². The van der Waals surface area contributed by atoms with Gasteiger partial charge in [0.15, 0.2) is 0 Å². The molecule has 0 aromatic heterocycles. The van der Waals surface area contributed by atoms with Gasteiger partial charge in [0, 0.05) is 6.42 Å². The average molecular weight is 177 g/mol. The van der Waals surface area contributed by atoms with Gasteiger partial charge in [-0.25, -0.2) is 0 Å². The third-order valence-corrected chi connectivity index (χ3v) is 1.53. The number of rotatable bonds is 6. The predicted molar refractivity (Wildman–Crippen MR) is 53.0 cm³/mol. The Morgan fingerprint density at radius 3 is 2.18 bits per heavy atom. The van der Waals surface area contributed by atoms with Crippen molar-refractivity contribution in [3.05, 3.63) is 0 Å². The van der Waals surface area contributed by atoms with Crippen molar-refractivity contribution in [2.24, 2.45) is 5.73 Å². The van der Waals surface area contributed by atoms with Crippen molar-refractivity contribution in [1.82, 2.24) is 0 Å². The molecule has 0 saturated heterocycles. The van der Waals surface area contributed by atoms with E-state index >= 15 is 0 Å². The van der Waals surface area contributed by atoms with Crippen LogP contribution in [0.15, 0.2) is 0 Å². The molecule has 0 radical (unpaired) electrons. The monoisotopic (exact) mass is 177 g/mol. The molecule has 0 aromatic carbocycles. The van der Waals surface area contributed by atoms with E-state index < -0.39 is 0 Å². The lowest BCUT2D eigenvalue weighted by molar-refractivity contribution is -0.118. The zero-order valence-electron chi connectivity index (χ0n) is 7.23. The molecule has 3 heteroatoms. The van der Waals surface area contributed by atoms with Gasteiger partial charge in [-0.15, -0.1) is 0 Å². The number of primary amides is 1. The minimum absolute atomic E-state index is 0. The van der Waals surface area contributed by atoms with Gasteiger partial charge in [0.2, 0.25) is 5.91 Å². The molecule has 0 aromatic rings. The minimum atomic E-state index is -0.170. The molecule has 2 nitrogen and oxygen atoms in total. The maximum Gasteiger partial charge on any atom is 0.217 e. The highest BCUT2D eigenvalue weighted by Crippen LogP contribution is 2.03. The summed E-state index contributed by atoms with van der Waals surface area (Å²) in [6, 6.07) is 0. The van der Waals surface area contributed by atoms with Crippen molar-refractivity contribution < 1.29 is 4.79 Å². The van der Waals surface area contributed by atoms with Gasteiger partial charge in [-0.1, -0.05) is 32.6 Å². The standard InChI is InChI=1S/C8H17NO.H2S/c1-2-3-4-5-6-7-8(9)10;/h2-7H2,1H3,(H2,9,10);1H2. The second-order valence-electron chi connectivity index (χ2n) is 2.63. The van der Waals surface area contributed by atoms with Crippen LogP contribution in [0.2, 0.25) is 0 Å². The zero-order chi connectivity index (χ0) is 7.82. The molecule has 0 heterocycles. The Labute approximate surface area is 76.0 Å². The summed E-state index contributed by atoms with van der Waals surface area (Å²) >= 11 is 0. The van der Waals surface area contributed by atoms with E-state index in [0.717, 1.165) is 12.8 Å². The number of hydrogen-bond donors (Lipinski definition) is 1. The Hall–Kier alpha value is -0.180. The summed E-state index contributed by atoms with van der Waals surface area (Å²) in [6.07, 6.45) is 6.44. The van der Waals surface area contributed by atoms with Gasteiger partial charge in [-0.2, -0.15) is 13.5 Å². The first-order chi connectivity index (χ1) is 4.77. The molecule has 0 unspecified atom stereocenters. The van der Waals surface area contributed by atoms with E-state index in [1.165, 1.54) is 19.3 Å². The van der Waals surface area contributed by atoms with Crippen LogP contribution in [0.4, 0.5) is 0 Å². The van der Waals surface area contributed by atoms with Crippen LogP contribution in [0.5, 0.6) is 0 Å². The van der Waals surface area contributed by atoms with Crippen molar-refractivity contribution >= 4 is 19.4 Å². The number of carbonyl (C=O) groups excluding carboxylic acids is 1. The molecule has 0 aliphatic rings. The molecule has 0 spiro atoms. The SMILES string of the molecule is CCCCCCCC(N)=O.S. The summed E-state index contributed by atoms with van der Waals surface area (Å²) in [6.45, 7) is 2.17. The zero-order valence-corrected chi connectivity index (χ0v) is 8.23. The molecule has 0 fully saturated rings. The summed E-state index contributed by atoms with van der Waals surface area (Å²) in [4.78, 5) is 10.3. The fraction of sp³-hybridized carbons (Fsp3) is 0.875. The summed E-state index contributed by atoms with van der Waals surface area (Å²) in [5, 5.41) is 0. The summed E-state index contributed by atoms with van der Waals surface area (Å²) < 4.78 is 0. The van der Waals surface area contributed by atoms with Gasteiger partial charge >= 0.3 is 0 Å². The van der Waals surface area contributed by atoms with E-state index in [1.54, 1.807) is 0 Å². The van der Waals surface area contributed by atoms with Gasteiger partial charge in [0.05, 0.1) is 0 Å². The first-order valence-corrected chi connectivity index (χ1v) is 4.05. The van der Waals surface area contributed by atoms with Crippen LogP contribution in [0.1, 0.15) is 45.4 Å². The Balaban J connectivity index is 0. The summed E-state index contributed by atoms with van der Waals surface area (Å²) in [5.41, 5.74) is 4.97. The van der Waals surface area contributed by atoms with E-state index in [4.69, 9.17) is 5.73 Å². The van der Waals surface area contributed by atoms with E-state index in [2.05, 4.69) is 6.92 Å². The van der Waals surface area contributed by atoms with Gasteiger partial charge in [-0.3, -0.25) is 4.79 Å². The Bertz CT molecular complexity index is 96.1. The number of hydrogen-bond acceptors (Lipinski definition) is 1. The quantitative estimate of drug-likeness (QED) is 0.619. The molecule has 0 rings (SSSR count). The third kappa shape index (κ3) is 12.9. The fourth-order valence-corrected chi connectivity index (χ4v) is 0.903. The van der Waals surface area contributed by atoms with Crippen molar-refractivity contribution in [3.8, 4) is 0 Å². The van der Waals surface area contributed by atoms with Gasteiger partial charge in [0.25, 0.3) is 0 Å². The van der Waals surface area contributed by atoms with Crippen LogP contribution in [0.25, 0.3) is 0 Å². The summed E-state index contributed by atoms with van der Waals surface area (Å²) in [7, 11) is 0. The van der Waals surface area contributed by atoms with Crippen molar-refractivity contribution in [2.75, 3.05) is 0 Å². The highest BCUT2D eigenvalue weighted by molar-refractivity contribution is 7.59. The molecular formula is C8H19NOS. The molecule has 0 atom stereocenters. The first kappa shape index (κ1) is 13.4. The van der Waals surface area contributed by atoms with Crippen LogP contribution in [-0.4, -0.2) is 5.91 Å². The van der Waals surface area contributed by atoms with Crippen LogP contribution < -0.4 is 5.73 Å². The van der Waals surface area contributed by atoms with Crippen LogP contribution in [-0.2, 0) is 4.79 Å². The molecule has 0 bridgehead atoms. The van der Waals surface area contributed by atoms with E-state index in [9.17, 15) is 4.79 Å². The smallest absolute Gasteiger partial charge is 0.217 e. The van der Waals surface area contributed by atoms with E-state index in [-0.39, 0.29) is 19.4 Å². The highest BCUT2D eigenvalue weighted by atomic mass is 32.1. The molecule has 1 amide bonds. The van der Waals surface area contributed by atoms with Gasteiger partial charge < -0.3 is 5.73 Å². The molecular weight excluding hydrogens is 158 g/mol. The normalized spacial score (nSPS) is 8.82. The molecule has 0 aliphatic carbocycles. The van der Waals surface area contributed by atoms with Crippen molar-refractivity contribution in [2.45, 2.75) is 45.4 Å². The Morgan fingerprint density at radius 2 is 1.73 bits per heavy atom. The topological polar surface area (TPSA) is 43.1 Å². The van der Waals surface area contributed by atoms with Crippen molar-refractivity contribution in [3.63, 3.8) is 0 Å². The third-order valence-electron chi connectivity index (χ3n) is 1.53. The van der Waals surface area contributed by atoms with Crippen LogP contribution in [0, 0.1) is 0 Å². The fourth-order valence-electron chi connectivity index (χ4n) is 0.903. The Morgan fingerprint density at radius 1 is 1.18 bits per heavy atom. The summed E-state index contributed by atoms with van der Waals surface area (Å²) in [5.74, 6) is -0.170. The number of unbranched alkanes of at least 4 members (excludes halogenated alkanes) is 4. The largest absolute Gasteiger partial charge is 0.370 e. The lowest BCUT2D eigenvalue weighted by Crippen LogP contribution is -2.09. The van der Waals surface area contributed by atoms with E-state index in [0.29, 0.717) is 6.42 Å². The number of carbonyl (C=O) groups is 1. The molecule has 68 valence electrons. The maximum absolute atomic E-state index is 10.3. The average Bonchev–Trinajstić information content (AvgIpc) is 1.87. The number of nitrogens with two attached hydrogens (primary N) is 1. The molecule has 0 saturated carbocycles. The second-order valence-corrected chi connectivity index (χ2v) is 2.63. The molecule has 2 N–H and O–H groups in total. The number of amides is 1. The minimum Gasteiger partial charge on any atom is -0.370 e. The van der Waals surface area contributed by atoms with Gasteiger partial charge in [0.1, 0.15) is 0 Å². The molecule has 0 aliphatic heterocycles. The maximum atomic E-state index is 10.3. The predicted octanol–water partition coefficient (Wildman–Crippen LogP) is 1.95. The van der Waals surface area contributed by atoms with Crippen LogP contribution in [0.3, 0.4) is 0 Å². The van der Waals surface area contributed by atoms with Gasteiger partial charge in [-0.05, 0) is 6.42 Å². The lowest BCUT2D eigenvalue weighted by atomic mass is 10.1.